The van der Waals surface area contributed by atoms with E-state index in [0.717, 1.165) is 35.6 Å². The Morgan fingerprint density at radius 2 is 1.88 bits per heavy atom. The third-order valence-corrected chi connectivity index (χ3v) is 3.61. The maximum atomic E-state index is 5.33. The lowest BCUT2D eigenvalue weighted by Crippen LogP contribution is -2.42. The summed E-state index contributed by atoms with van der Waals surface area (Å²) < 4.78 is 11.6. The molecule has 0 aliphatic carbocycles. The van der Waals surface area contributed by atoms with E-state index >= 15 is 0 Å². The van der Waals surface area contributed by atoms with E-state index in [1.165, 1.54) is 5.56 Å². The van der Waals surface area contributed by atoms with Crippen molar-refractivity contribution in [3.8, 4) is 11.5 Å². The Balaban J connectivity index is 2.32. The first-order valence-corrected chi connectivity index (χ1v) is 6.41. The number of methoxy groups -OCH3 is 2. The van der Waals surface area contributed by atoms with E-state index in [2.05, 4.69) is 26.6 Å². The van der Waals surface area contributed by atoms with Gasteiger partial charge in [0.25, 0.3) is 0 Å². The highest BCUT2D eigenvalue weighted by atomic mass is 79.9. The van der Waals surface area contributed by atoms with E-state index in [1.54, 1.807) is 14.2 Å². The summed E-state index contributed by atoms with van der Waals surface area (Å²) >= 11 is 3.58. The highest BCUT2D eigenvalue weighted by Gasteiger charge is 2.19. The summed E-state index contributed by atoms with van der Waals surface area (Å²) in [5.41, 5.74) is 1.19. The SMILES string of the molecule is COc1cc(Br)c([C@@H]2CNCCN2)cc1OC. The van der Waals surface area contributed by atoms with Crippen molar-refractivity contribution in [2.24, 2.45) is 0 Å². The zero-order valence-electron chi connectivity index (χ0n) is 10.0. The summed E-state index contributed by atoms with van der Waals surface area (Å²) in [6.07, 6.45) is 0. The van der Waals surface area contributed by atoms with Crippen LogP contribution in [0.15, 0.2) is 16.6 Å². The predicted molar refractivity (Wildman–Crippen MR) is 70.9 cm³/mol. The molecule has 0 bridgehead atoms. The van der Waals surface area contributed by atoms with Crippen LogP contribution in [0.5, 0.6) is 11.5 Å². The first-order valence-electron chi connectivity index (χ1n) is 5.61. The molecule has 0 saturated carbocycles. The summed E-state index contributed by atoms with van der Waals surface area (Å²) in [4.78, 5) is 0. The first-order chi connectivity index (χ1) is 8.26. The number of hydrogen-bond donors (Lipinski definition) is 2. The van der Waals surface area contributed by atoms with Crippen LogP contribution in [0.25, 0.3) is 0 Å². The van der Waals surface area contributed by atoms with Crippen LogP contribution < -0.4 is 20.1 Å². The fourth-order valence-electron chi connectivity index (χ4n) is 2.01. The van der Waals surface area contributed by atoms with Crippen molar-refractivity contribution in [2.75, 3.05) is 33.9 Å². The van der Waals surface area contributed by atoms with E-state index in [0.29, 0.717) is 6.04 Å². The van der Waals surface area contributed by atoms with E-state index in [-0.39, 0.29) is 0 Å². The molecule has 1 atom stereocenters. The summed E-state index contributed by atoms with van der Waals surface area (Å²) in [5.74, 6) is 1.50. The summed E-state index contributed by atoms with van der Waals surface area (Å²) in [7, 11) is 3.30. The van der Waals surface area contributed by atoms with Gasteiger partial charge in [0.05, 0.1) is 14.2 Å². The molecule has 1 aromatic carbocycles. The lowest BCUT2D eigenvalue weighted by molar-refractivity contribution is 0.352. The maximum Gasteiger partial charge on any atom is 0.161 e. The van der Waals surface area contributed by atoms with Gasteiger partial charge < -0.3 is 20.1 Å². The Morgan fingerprint density at radius 1 is 1.18 bits per heavy atom. The highest BCUT2D eigenvalue weighted by Crippen LogP contribution is 2.36. The van der Waals surface area contributed by atoms with Crippen LogP contribution in [0.4, 0.5) is 0 Å². The Bertz CT molecular complexity index is 392. The molecule has 0 amide bonds. The molecule has 0 aromatic heterocycles. The second-order valence-corrected chi connectivity index (χ2v) is 4.79. The number of rotatable bonds is 3. The molecule has 94 valence electrons. The molecule has 0 spiro atoms. The van der Waals surface area contributed by atoms with Crippen LogP contribution in [0.1, 0.15) is 11.6 Å². The number of halogens is 1. The third-order valence-electron chi connectivity index (χ3n) is 2.92. The molecule has 1 fully saturated rings. The fraction of sp³-hybridized carbons (Fsp3) is 0.500. The molecule has 0 radical (unpaired) electrons. The van der Waals surface area contributed by atoms with E-state index in [4.69, 9.17) is 9.47 Å². The molecule has 1 aliphatic rings. The van der Waals surface area contributed by atoms with Crippen molar-refractivity contribution in [1.29, 1.82) is 0 Å². The van der Waals surface area contributed by atoms with Crippen molar-refractivity contribution in [3.05, 3.63) is 22.2 Å². The summed E-state index contributed by atoms with van der Waals surface area (Å²) in [5, 5.41) is 6.85. The fourth-order valence-corrected chi connectivity index (χ4v) is 2.61. The largest absolute Gasteiger partial charge is 0.493 e. The number of ether oxygens (including phenoxy) is 2. The molecule has 1 saturated heterocycles. The van der Waals surface area contributed by atoms with Gasteiger partial charge >= 0.3 is 0 Å². The standard InChI is InChI=1S/C12H17BrN2O2/c1-16-11-5-8(9(13)6-12(11)17-2)10-7-14-3-4-15-10/h5-6,10,14-15H,3-4,7H2,1-2H3/t10-/m0/s1. The van der Waals surface area contributed by atoms with Gasteiger partial charge in [0.2, 0.25) is 0 Å². The molecule has 17 heavy (non-hydrogen) atoms. The van der Waals surface area contributed by atoms with Crippen molar-refractivity contribution < 1.29 is 9.47 Å². The first kappa shape index (κ1) is 12.7. The monoisotopic (exact) mass is 300 g/mol. The van der Waals surface area contributed by atoms with Crippen molar-refractivity contribution in [3.63, 3.8) is 0 Å². The minimum atomic E-state index is 0.304. The van der Waals surface area contributed by atoms with Crippen LogP contribution in [-0.2, 0) is 0 Å². The van der Waals surface area contributed by atoms with E-state index in [9.17, 15) is 0 Å². The molecule has 0 unspecified atom stereocenters. The lowest BCUT2D eigenvalue weighted by atomic mass is 10.0. The second-order valence-electron chi connectivity index (χ2n) is 3.94. The van der Waals surface area contributed by atoms with Gasteiger partial charge in [0.15, 0.2) is 11.5 Å². The molecule has 1 aliphatic heterocycles. The van der Waals surface area contributed by atoms with Crippen LogP contribution in [-0.4, -0.2) is 33.9 Å². The van der Waals surface area contributed by atoms with Gasteiger partial charge in [-0.05, 0) is 17.7 Å². The molecular formula is C12H17BrN2O2. The predicted octanol–water partition coefficient (Wildman–Crippen LogP) is 1.70. The van der Waals surface area contributed by atoms with Crippen LogP contribution in [0.3, 0.4) is 0 Å². The minimum Gasteiger partial charge on any atom is -0.493 e. The van der Waals surface area contributed by atoms with Crippen molar-refractivity contribution in [1.82, 2.24) is 10.6 Å². The van der Waals surface area contributed by atoms with Gasteiger partial charge in [-0.25, -0.2) is 0 Å². The van der Waals surface area contributed by atoms with Gasteiger partial charge in [-0.2, -0.15) is 0 Å². The Kier molecular flexibility index (Phi) is 4.25. The summed E-state index contributed by atoms with van der Waals surface area (Å²) in [6.45, 7) is 2.92. The van der Waals surface area contributed by atoms with Gasteiger partial charge in [-0.3, -0.25) is 0 Å². The smallest absolute Gasteiger partial charge is 0.161 e. The molecule has 2 N–H and O–H groups in total. The average molecular weight is 301 g/mol. The number of nitrogens with one attached hydrogen (secondary N) is 2. The minimum absolute atomic E-state index is 0.304. The molecule has 5 heteroatoms. The van der Waals surface area contributed by atoms with Crippen LogP contribution in [0, 0.1) is 0 Å². The van der Waals surface area contributed by atoms with Crippen LogP contribution >= 0.6 is 15.9 Å². The number of benzene rings is 1. The average Bonchev–Trinajstić information content (AvgIpc) is 2.39. The van der Waals surface area contributed by atoms with E-state index in [1.807, 2.05) is 12.1 Å². The van der Waals surface area contributed by atoms with Crippen LogP contribution in [0.2, 0.25) is 0 Å². The zero-order chi connectivity index (χ0) is 12.3. The van der Waals surface area contributed by atoms with Crippen molar-refractivity contribution in [2.45, 2.75) is 6.04 Å². The van der Waals surface area contributed by atoms with E-state index < -0.39 is 0 Å². The molecule has 4 nitrogen and oxygen atoms in total. The zero-order valence-corrected chi connectivity index (χ0v) is 11.6. The second kappa shape index (κ2) is 5.71. The topological polar surface area (TPSA) is 42.5 Å². The van der Waals surface area contributed by atoms with Gasteiger partial charge in [-0.15, -0.1) is 0 Å². The number of hydrogen-bond acceptors (Lipinski definition) is 4. The normalized spacial score (nSPS) is 20.1. The molecule has 1 aromatic rings. The van der Waals surface area contributed by atoms with Gasteiger partial charge in [0.1, 0.15) is 0 Å². The Morgan fingerprint density at radius 3 is 2.47 bits per heavy atom. The quantitative estimate of drug-likeness (QED) is 0.892. The molecule has 2 rings (SSSR count). The molecule has 1 heterocycles. The lowest BCUT2D eigenvalue weighted by Gasteiger charge is -2.26. The maximum absolute atomic E-state index is 5.33. The third kappa shape index (κ3) is 2.73. The van der Waals surface area contributed by atoms with Gasteiger partial charge in [0, 0.05) is 30.1 Å². The summed E-state index contributed by atoms with van der Waals surface area (Å²) in [6, 6.07) is 4.27. The highest BCUT2D eigenvalue weighted by molar-refractivity contribution is 9.10. The molecular weight excluding hydrogens is 284 g/mol. The Hall–Kier alpha value is -0.780. The number of piperazine rings is 1. The van der Waals surface area contributed by atoms with Gasteiger partial charge in [-0.1, -0.05) is 15.9 Å². The van der Waals surface area contributed by atoms with Crippen molar-refractivity contribution >= 4 is 15.9 Å². The Labute approximate surface area is 110 Å².